The molecule has 0 aromatic heterocycles. The maximum atomic E-state index is 5.33. The zero-order valence-corrected chi connectivity index (χ0v) is 6.55. The molecule has 0 saturated carbocycles. The maximum Gasteiger partial charge on any atom is 0.173 e. The molecule has 0 N–H and O–H groups in total. The summed E-state index contributed by atoms with van der Waals surface area (Å²) in [5.41, 5.74) is 0. The first-order valence-electron chi connectivity index (χ1n) is 2.92. The molecular weight excluding hydrogens is 104 g/mol. The number of hydrogen-bond acceptors (Lipinski definition) is 1. The van der Waals surface area contributed by atoms with Gasteiger partial charge in [0.1, 0.15) is 0 Å². The molecule has 0 radical (unpaired) electrons. The molecule has 7 heavy (non-hydrogen) atoms. The minimum absolute atomic E-state index is 0.681. The zero-order chi connectivity index (χ0) is 5.70. The van der Waals surface area contributed by atoms with E-state index in [1.165, 1.54) is 6.04 Å². The molecule has 0 aliphatic carbocycles. The molecule has 0 aromatic carbocycles. The quantitative estimate of drug-likeness (QED) is 0.509. The molecule has 0 aliphatic rings. The van der Waals surface area contributed by atoms with E-state index >= 15 is 0 Å². The molecule has 2 heteroatoms. The minimum atomic E-state index is -0.681. The third-order valence-electron chi connectivity index (χ3n) is 1.03. The van der Waals surface area contributed by atoms with Crippen LogP contribution in [0, 0.1) is 0 Å². The predicted octanol–water partition coefficient (Wildman–Crippen LogP) is 1.40. The lowest BCUT2D eigenvalue weighted by molar-refractivity contribution is 0.346. The Morgan fingerprint density at radius 1 is 1.43 bits per heavy atom. The Bertz CT molecular complexity index is 39.1. The summed E-state index contributed by atoms with van der Waals surface area (Å²) in [7, 11) is -0.681. The van der Waals surface area contributed by atoms with Crippen LogP contribution in [0.3, 0.4) is 0 Å². The second kappa shape index (κ2) is 4.34. The summed E-state index contributed by atoms with van der Waals surface area (Å²) >= 11 is 0. The summed E-state index contributed by atoms with van der Waals surface area (Å²) in [5.74, 6) is 0. The SMILES string of the molecule is CCO[SiH](C)CC. The van der Waals surface area contributed by atoms with Gasteiger partial charge in [-0.2, -0.15) is 0 Å². The summed E-state index contributed by atoms with van der Waals surface area (Å²) in [5, 5.41) is 0. The van der Waals surface area contributed by atoms with Crippen LogP contribution in [0.25, 0.3) is 0 Å². The van der Waals surface area contributed by atoms with Crippen molar-refractivity contribution in [3.05, 3.63) is 0 Å². The summed E-state index contributed by atoms with van der Waals surface area (Å²) in [4.78, 5) is 0. The maximum absolute atomic E-state index is 5.33. The molecule has 0 spiro atoms. The highest BCUT2D eigenvalue weighted by Crippen LogP contribution is 1.89. The second-order valence-corrected chi connectivity index (χ2v) is 4.45. The Labute approximate surface area is 47.4 Å². The topological polar surface area (TPSA) is 9.23 Å². The molecule has 1 nitrogen and oxygen atoms in total. The van der Waals surface area contributed by atoms with Gasteiger partial charge in [-0.3, -0.25) is 0 Å². The minimum Gasteiger partial charge on any atom is -0.421 e. The van der Waals surface area contributed by atoms with Crippen LogP contribution >= 0.6 is 0 Å². The molecule has 0 fully saturated rings. The van der Waals surface area contributed by atoms with E-state index < -0.39 is 9.04 Å². The van der Waals surface area contributed by atoms with Crippen molar-refractivity contribution in [3.8, 4) is 0 Å². The van der Waals surface area contributed by atoms with E-state index in [4.69, 9.17) is 4.43 Å². The van der Waals surface area contributed by atoms with E-state index in [1.54, 1.807) is 0 Å². The van der Waals surface area contributed by atoms with Crippen molar-refractivity contribution in [2.45, 2.75) is 26.4 Å². The molecule has 0 rings (SSSR count). The standard InChI is InChI=1S/C5H14OSi/c1-4-6-7(3)5-2/h7H,4-5H2,1-3H3. The average molecular weight is 118 g/mol. The van der Waals surface area contributed by atoms with Crippen molar-refractivity contribution >= 4 is 9.04 Å². The van der Waals surface area contributed by atoms with Crippen LogP contribution < -0.4 is 0 Å². The van der Waals surface area contributed by atoms with E-state index in [-0.39, 0.29) is 0 Å². The van der Waals surface area contributed by atoms with Gasteiger partial charge in [0.25, 0.3) is 0 Å². The Hall–Kier alpha value is 0.177. The van der Waals surface area contributed by atoms with Crippen molar-refractivity contribution < 1.29 is 4.43 Å². The van der Waals surface area contributed by atoms with Crippen molar-refractivity contribution in [1.29, 1.82) is 0 Å². The van der Waals surface area contributed by atoms with E-state index in [0.717, 1.165) is 6.61 Å². The zero-order valence-electron chi connectivity index (χ0n) is 5.40. The first kappa shape index (κ1) is 7.18. The summed E-state index contributed by atoms with van der Waals surface area (Å²) < 4.78 is 5.33. The smallest absolute Gasteiger partial charge is 0.173 e. The molecule has 1 unspecified atom stereocenters. The molecular formula is C5H14OSi. The molecule has 0 heterocycles. The first-order chi connectivity index (χ1) is 3.31. The fourth-order valence-corrected chi connectivity index (χ4v) is 1.21. The van der Waals surface area contributed by atoms with Crippen molar-refractivity contribution in [3.63, 3.8) is 0 Å². The number of rotatable bonds is 3. The van der Waals surface area contributed by atoms with Gasteiger partial charge in [0.2, 0.25) is 0 Å². The first-order valence-corrected chi connectivity index (χ1v) is 5.37. The van der Waals surface area contributed by atoms with Crippen LogP contribution in [0.4, 0.5) is 0 Å². The average Bonchev–Trinajstić information content (AvgIpc) is 1.68. The lowest BCUT2D eigenvalue weighted by Gasteiger charge is -2.03. The van der Waals surface area contributed by atoms with Crippen molar-refractivity contribution in [2.75, 3.05) is 6.61 Å². The molecule has 0 amide bonds. The van der Waals surface area contributed by atoms with Gasteiger partial charge in [-0.25, -0.2) is 0 Å². The van der Waals surface area contributed by atoms with E-state index in [9.17, 15) is 0 Å². The fourth-order valence-electron chi connectivity index (χ4n) is 0.402. The monoisotopic (exact) mass is 118 g/mol. The fraction of sp³-hybridized carbons (Fsp3) is 1.00. The van der Waals surface area contributed by atoms with Gasteiger partial charge >= 0.3 is 0 Å². The normalized spacial score (nSPS) is 14.1. The highest BCUT2D eigenvalue weighted by Gasteiger charge is 1.95. The molecule has 0 bridgehead atoms. The summed E-state index contributed by atoms with van der Waals surface area (Å²) in [6.07, 6.45) is 0. The second-order valence-electron chi connectivity index (χ2n) is 1.67. The Morgan fingerprint density at radius 2 is 2.00 bits per heavy atom. The Balaban J connectivity index is 2.83. The molecule has 0 saturated heterocycles. The molecule has 0 aliphatic heterocycles. The van der Waals surface area contributed by atoms with Gasteiger partial charge < -0.3 is 4.43 Å². The Morgan fingerprint density at radius 3 is 2.14 bits per heavy atom. The van der Waals surface area contributed by atoms with Crippen molar-refractivity contribution in [1.82, 2.24) is 0 Å². The Kier molecular flexibility index (Phi) is 4.45. The lowest BCUT2D eigenvalue weighted by atomic mass is 10.9. The van der Waals surface area contributed by atoms with Crippen LogP contribution in [-0.2, 0) is 4.43 Å². The van der Waals surface area contributed by atoms with Crippen LogP contribution in [0.15, 0.2) is 0 Å². The third kappa shape index (κ3) is 4.02. The number of hydrogen-bond donors (Lipinski definition) is 0. The van der Waals surface area contributed by atoms with Gasteiger partial charge in [-0.05, 0) is 19.5 Å². The summed E-state index contributed by atoms with van der Waals surface area (Å²) in [6, 6.07) is 1.26. The molecule has 0 aromatic rings. The van der Waals surface area contributed by atoms with Gasteiger partial charge in [0.05, 0.1) is 0 Å². The highest BCUT2D eigenvalue weighted by atomic mass is 28.3. The van der Waals surface area contributed by atoms with Gasteiger partial charge in [0.15, 0.2) is 9.04 Å². The van der Waals surface area contributed by atoms with E-state index in [2.05, 4.69) is 20.4 Å². The lowest BCUT2D eigenvalue weighted by Crippen LogP contribution is -2.10. The largest absolute Gasteiger partial charge is 0.421 e. The van der Waals surface area contributed by atoms with Crippen LogP contribution in [0.5, 0.6) is 0 Å². The molecule has 44 valence electrons. The van der Waals surface area contributed by atoms with E-state index in [0.29, 0.717) is 0 Å². The van der Waals surface area contributed by atoms with Crippen LogP contribution in [-0.4, -0.2) is 15.6 Å². The van der Waals surface area contributed by atoms with Gasteiger partial charge in [-0.1, -0.05) is 6.92 Å². The predicted molar refractivity (Wildman–Crippen MR) is 35.1 cm³/mol. The van der Waals surface area contributed by atoms with E-state index in [1.807, 2.05) is 0 Å². The van der Waals surface area contributed by atoms with Gasteiger partial charge in [-0.15, -0.1) is 0 Å². The molecule has 1 atom stereocenters. The highest BCUT2D eigenvalue weighted by molar-refractivity contribution is 6.49. The third-order valence-corrected chi connectivity index (χ3v) is 3.08. The van der Waals surface area contributed by atoms with Crippen molar-refractivity contribution in [2.24, 2.45) is 0 Å². The summed E-state index contributed by atoms with van der Waals surface area (Å²) in [6.45, 7) is 7.37. The van der Waals surface area contributed by atoms with Gasteiger partial charge in [0, 0.05) is 6.61 Å². The van der Waals surface area contributed by atoms with Crippen LogP contribution in [0.2, 0.25) is 12.6 Å². The van der Waals surface area contributed by atoms with Crippen LogP contribution in [0.1, 0.15) is 13.8 Å².